The minimum atomic E-state index is -3.59. The van der Waals surface area contributed by atoms with Gasteiger partial charge in [-0.3, -0.25) is 9.10 Å². The molecule has 3 aromatic carbocycles. The highest BCUT2D eigenvalue weighted by atomic mass is 35.5. The molecule has 0 atom stereocenters. The number of halogens is 2. The predicted octanol–water partition coefficient (Wildman–Crippen LogP) is 5.39. The van der Waals surface area contributed by atoms with E-state index in [2.05, 4.69) is 5.32 Å². The first-order valence-corrected chi connectivity index (χ1v) is 12.8. The van der Waals surface area contributed by atoms with Gasteiger partial charge in [0.1, 0.15) is 0 Å². The number of ether oxygens (including phenoxy) is 1. The third-order valence-electron chi connectivity index (χ3n) is 4.78. The summed E-state index contributed by atoms with van der Waals surface area (Å²) < 4.78 is 31.0. The number of hydrogen-bond donors (Lipinski definition) is 1. The normalized spacial score (nSPS) is 11.1. The van der Waals surface area contributed by atoms with Crippen LogP contribution in [0.1, 0.15) is 33.2 Å². The van der Waals surface area contributed by atoms with Gasteiger partial charge in [0.25, 0.3) is 5.91 Å². The second-order valence-electron chi connectivity index (χ2n) is 7.31. The van der Waals surface area contributed by atoms with Gasteiger partial charge >= 0.3 is 5.97 Å². The van der Waals surface area contributed by atoms with Gasteiger partial charge in [0.2, 0.25) is 10.0 Å². The molecule has 0 bridgehead atoms. The van der Waals surface area contributed by atoms with E-state index >= 15 is 0 Å². The van der Waals surface area contributed by atoms with Crippen LogP contribution in [-0.2, 0) is 21.3 Å². The Balaban J connectivity index is 1.78. The van der Waals surface area contributed by atoms with Crippen LogP contribution >= 0.6 is 23.2 Å². The smallest absolute Gasteiger partial charge is 0.339 e. The number of carbonyl (C=O) groups excluding carboxylic acids is 2. The first-order chi connectivity index (χ1) is 16.1. The van der Waals surface area contributed by atoms with Crippen LogP contribution < -0.4 is 9.62 Å². The maximum absolute atomic E-state index is 12.7. The second-order valence-corrected chi connectivity index (χ2v) is 10.1. The number of nitrogens with zero attached hydrogens (tertiary/aromatic N) is 1. The molecule has 10 heteroatoms. The van der Waals surface area contributed by atoms with Gasteiger partial charge in [-0.25, -0.2) is 13.2 Å². The fourth-order valence-electron chi connectivity index (χ4n) is 3.11. The van der Waals surface area contributed by atoms with E-state index in [1.54, 1.807) is 49.4 Å². The highest BCUT2D eigenvalue weighted by molar-refractivity contribution is 7.92. The van der Waals surface area contributed by atoms with E-state index in [1.807, 2.05) is 0 Å². The first-order valence-electron chi connectivity index (χ1n) is 10.2. The number of sulfonamides is 1. The molecule has 0 saturated heterocycles. The molecule has 34 heavy (non-hydrogen) atoms. The maximum atomic E-state index is 12.7. The van der Waals surface area contributed by atoms with Gasteiger partial charge < -0.3 is 10.1 Å². The molecule has 0 fully saturated rings. The molecule has 0 spiro atoms. The number of rotatable bonds is 8. The Morgan fingerprint density at radius 2 is 1.62 bits per heavy atom. The summed E-state index contributed by atoms with van der Waals surface area (Å²) in [6, 6.07) is 17.5. The van der Waals surface area contributed by atoms with E-state index in [-0.39, 0.29) is 23.7 Å². The molecule has 3 aromatic rings. The lowest BCUT2D eigenvalue weighted by Gasteiger charge is -2.23. The summed E-state index contributed by atoms with van der Waals surface area (Å²) in [7, 11) is -3.59. The zero-order valence-corrected chi connectivity index (χ0v) is 20.7. The van der Waals surface area contributed by atoms with Gasteiger partial charge in [-0.2, -0.15) is 0 Å². The first kappa shape index (κ1) is 25.6. The Kier molecular flexibility index (Phi) is 8.19. The lowest BCUT2D eigenvalue weighted by Crippen LogP contribution is -2.29. The van der Waals surface area contributed by atoms with E-state index in [1.165, 1.54) is 28.6 Å². The van der Waals surface area contributed by atoms with Crippen molar-refractivity contribution in [1.82, 2.24) is 0 Å². The van der Waals surface area contributed by atoms with Crippen molar-refractivity contribution in [1.29, 1.82) is 0 Å². The number of benzene rings is 3. The number of nitrogens with one attached hydrogen (secondary N) is 1. The van der Waals surface area contributed by atoms with Crippen LogP contribution in [0.2, 0.25) is 10.0 Å². The van der Waals surface area contributed by atoms with Crippen LogP contribution in [0.4, 0.5) is 11.4 Å². The van der Waals surface area contributed by atoms with Gasteiger partial charge in [-0.05, 0) is 67.1 Å². The molecule has 0 aromatic heterocycles. The average molecular weight is 521 g/mol. The number of carbonyl (C=O) groups is 2. The van der Waals surface area contributed by atoms with Crippen LogP contribution in [-0.4, -0.2) is 33.2 Å². The SMILES string of the molecule is CCOC(=O)c1cc(NC(=O)c2ccc(N(Cc3ccc(Cl)cc3)S(C)(=O)=O)cc2)ccc1Cl. The Bertz CT molecular complexity index is 1290. The van der Waals surface area contributed by atoms with Crippen molar-refractivity contribution in [3.8, 4) is 0 Å². The molecule has 7 nitrogen and oxygen atoms in total. The van der Waals surface area contributed by atoms with Crippen LogP contribution in [0.5, 0.6) is 0 Å². The summed E-state index contributed by atoms with van der Waals surface area (Å²) in [5, 5.41) is 3.46. The van der Waals surface area contributed by atoms with E-state index in [9.17, 15) is 18.0 Å². The summed E-state index contributed by atoms with van der Waals surface area (Å²) in [6.07, 6.45) is 1.12. The quantitative estimate of drug-likeness (QED) is 0.402. The van der Waals surface area contributed by atoms with Gasteiger partial charge in [-0.1, -0.05) is 35.3 Å². The van der Waals surface area contributed by atoms with Crippen LogP contribution in [0.25, 0.3) is 0 Å². The number of amides is 1. The summed E-state index contributed by atoms with van der Waals surface area (Å²) in [5.74, 6) is -1.03. The highest BCUT2D eigenvalue weighted by Crippen LogP contribution is 2.24. The van der Waals surface area contributed by atoms with Crippen molar-refractivity contribution in [2.24, 2.45) is 0 Å². The number of esters is 1. The molecule has 0 heterocycles. The zero-order chi connectivity index (χ0) is 24.9. The zero-order valence-electron chi connectivity index (χ0n) is 18.4. The van der Waals surface area contributed by atoms with E-state index in [0.717, 1.165) is 11.8 Å². The number of hydrogen-bond acceptors (Lipinski definition) is 5. The van der Waals surface area contributed by atoms with Crippen molar-refractivity contribution in [3.05, 3.63) is 93.5 Å². The van der Waals surface area contributed by atoms with Gasteiger partial charge in [0, 0.05) is 16.3 Å². The summed E-state index contributed by atoms with van der Waals surface area (Å²) in [6.45, 7) is 1.99. The lowest BCUT2D eigenvalue weighted by atomic mass is 10.1. The molecule has 3 rings (SSSR count). The summed E-state index contributed by atoms with van der Waals surface area (Å²) in [5.41, 5.74) is 1.97. The molecule has 0 radical (unpaired) electrons. The Labute approximate surface area is 208 Å². The fraction of sp³-hybridized carbons (Fsp3) is 0.167. The predicted molar refractivity (Wildman–Crippen MR) is 134 cm³/mol. The molecule has 0 unspecified atom stereocenters. The van der Waals surface area contributed by atoms with Gasteiger partial charge in [-0.15, -0.1) is 0 Å². The second kappa shape index (κ2) is 10.9. The standard InChI is InChI=1S/C24H22Cl2N2O5S/c1-3-33-24(30)21-14-19(10-13-22(21)26)27-23(29)17-6-11-20(12-7-17)28(34(2,31)32)15-16-4-8-18(25)9-5-16/h4-14H,3,15H2,1-2H3,(H,27,29). The molecule has 0 aliphatic heterocycles. The van der Waals surface area contributed by atoms with Gasteiger partial charge in [0.15, 0.2) is 0 Å². The minimum Gasteiger partial charge on any atom is -0.462 e. The van der Waals surface area contributed by atoms with Crippen LogP contribution in [0, 0.1) is 0 Å². The van der Waals surface area contributed by atoms with E-state index < -0.39 is 21.9 Å². The van der Waals surface area contributed by atoms with Crippen molar-refractivity contribution < 1.29 is 22.7 Å². The van der Waals surface area contributed by atoms with Crippen molar-refractivity contribution in [2.75, 3.05) is 22.5 Å². The molecular formula is C24H22Cl2N2O5S. The molecular weight excluding hydrogens is 499 g/mol. The summed E-state index contributed by atoms with van der Waals surface area (Å²) in [4.78, 5) is 24.7. The summed E-state index contributed by atoms with van der Waals surface area (Å²) >= 11 is 12.0. The largest absolute Gasteiger partial charge is 0.462 e. The maximum Gasteiger partial charge on any atom is 0.339 e. The molecule has 0 aliphatic rings. The number of anilines is 2. The Morgan fingerprint density at radius 1 is 0.971 bits per heavy atom. The topological polar surface area (TPSA) is 92.8 Å². The molecule has 1 N–H and O–H groups in total. The third-order valence-corrected chi connectivity index (χ3v) is 6.50. The highest BCUT2D eigenvalue weighted by Gasteiger charge is 2.19. The van der Waals surface area contributed by atoms with Crippen molar-refractivity contribution >= 4 is 56.5 Å². The van der Waals surface area contributed by atoms with Gasteiger partial charge in [0.05, 0.1) is 35.7 Å². The van der Waals surface area contributed by atoms with E-state index in [0.29, 0.717) is 22.0 Å². The molecule has 0 aliphatic carbocycles. The van der Waals surface area contributed by atoms with Crippen molar-refractivity contribution in [3.63, 3.8) is 0 Å². The van der Waals surface area contributed by atoms with Crippen LogP contribution in [0.15, 0.2) is 66.7 Å². The fourth-order valence-corrected chi connectivity index (χ4v) is 4.32. The van der Waals surface area contributed by atoms with Crippen molar-refractivity contribution in [2.45, 2.75) is 13.5 Å². The third kappa shape index (κ3) is 6.50. The molecule has 178 valence electrons. The van der Waals surface area contributed by atoms with Crippen LogP contribution in [0.3, 0.4) is 0 Å². The Morgan fingerprint density at radius 3 is 2.21 bits per heavy atom. The minimum absolute atomic E-state index is 0.114. The Hall–Kier alpha value is -3.07. The molecule has 0 saturated carbocycles. The van der Waals surface area contributed by atoms with E-state index in [4.69, 9.17) is 27.9 Å². The monoisotopic (exact) mass is 520 g/mol. The lowest BCUT2D eigenvalue weighted by molar-refractivity contribution is 0.0526. The molecule has 1 amide bonds. The average Bonchev–Trinajstić information content (AvgIpc) is 2.79.